The molecule has 9 nitrogen and oxygen atoms in total. The zero-order chi connectivity index (χ0) is 24.3. The molecule has 186 valence electrons. The Labute approximate surface area is 200 Å². The SMILES string of the molecule is C[C@@H](OC(=O)[C@H]1CC(=O)N(C2CCCC2)C1)C(=O)Nc1ccc(S(=O)(=O)N2CCCCC2)cc1. The van der Waals surface area contributed by atoms with E-state index in [9.17, 15) is 22.8 Å². The number of hydrogen-bond donors (Lipinski definition) is 1. The van der Waals surface area contributed by atoms with Gasteiger partial charge in [0, 0.05) is 37.8 Å². The lowest BCUT2D eigenvalue weighted by atomic mass is 10.1. The van der Waals surface area contributed by atoms with Gasteiger partial charge in [-0.15, -0.1) is 0 Å². The van der Waals surface area contributed by atoms with E-state index in [1.54, 1.807) is 4.90 Å². The Balaban J connectivity index is 1.29. The predicted molar refractivity (Wildman–Crippen MR) is 125 cm³/mol. The van der Waals surface area contributed by atoms with Gasteiger partial charge in [0.2, 0.25) is 15.9 Å². The van der Waals surface area contributed by atoms with Crippen LogP contribution in [0.25, 0.3) is 0 Å². The van der Waals surface area contributed by atoms with E-state index in [0.29, 0.717) is 25.3 Å². The molecule has 2 amide bonds. The third-order valence-corrected chi connectivity index (χ3v) is 8.91. The molecule has 1 aromatic carbocycles. The fraction of sp³-hybridized carbons (Fsp3) is 0.625. The lowest BCUT2D eigenvalue weighted by Gasteiger charge is -2.25. The van der Waals surface area contributed by atoms with Crippen molar-refractivity contribution >= 4 is 33.5 Å². The minimum absolute atomic E-state index is 0.0226. The summed E-state index contributed by atoms with van der Waals surface area (Å²) in [6.45, 7) is 2.88. The topological polar surface area (TPSA) is 113 Å². The molecular formula is C24H33N3O6S. The van der Waals surface area contributed by atoms with Crippen molar-refractivity contribution < 1.29 is 27.5 Å². The van der Waals surface area contributed by atoms with E-state index < -0.39 is 33.9 Å². The quantitative estimate of drug-likeness (QED) is 0.587. The zero-order valence-corrected chi connectivity index (χ0v) is 20.4. The third-order valence-electron chi connectivity index (χ3n) is 6.99. The van der Waals surface area contributed by atoms with E-state index in [4.69, 9.17) is 4.74 Å². The molecular weight excluding hydrogens is 458 g/mol. The number of rotatable bonds is 7. The van der Waals surface area contributed by atoms with E-state index in [0.717, 1.165) is 44.9 Å². The van der Waals surface area contributed by atoms with Crippen LogP contribution in [0.1, 0.15) is 58.3 Å². The molecule has 0 radical (unpaired) electrons. The van der Waals surface area contributed by atoms with Crippen molar-refractivity contribution in [3.05, 3.63) is 24.3 Å². The van der Waals surface area contributed by atoms with Crippen LogP contribution in [0, 0.1) is 5.92 Å². The summed E-state index contributed by atoms with van der Waals surface area (Å²) in [7, 11) is -3.54. The number of carbonyl (C=O) groups excluding carboxylic acids is 3. The number of benzene rings is 1. The fourth-order valence-corrected chi connectivity index (χ4v) is 6.51. The first-order valence-corrected chi connectivity index (χ1v) is 13.6. The van der Waals surface area contributed by atoms with Crippen LogP contribution in [-0.4, -0.2) is 67.2 Å². The molecule has 2 atom stereocenters. The van der Waals surface area contributed by atoms with E-state index in [1.165, 1.54) is 35.5 Å². The highest BCUT2D eigenvalue weighted by Gasteiger charge is 2.40. The molecule has 3 fully saturated rings. The fourth-order valence-electron chi connectivity index (χ4n) is 4.99. The lowest BCUT2D eigenvalue weighted by Crippen LogP contribution is -2.36. The number of amides is 2. The van der Waals surface area contributed by atoms with Gasteiger partial charge in [0.15, 0.2) is 6.10 Å². The Morgan fingerprint density at radius 3 is 2.32 bits per heavy atom. The molecule has 0 unspecified atom stereocenters. The molecule has 1 saturated carbocycles. The molecule has 2 heterocycles. The number of nitrogens with one attached hydrogen (secondary N) is 1. The van der Waals surface area contributed by atoms with Crippen molar-refractivity contribution in [2.45, 2.75) is 75.3 Å². The molecule has 2 aliphatic heterocycles. The molecule has 0 bridgehead atoms. The zero-order valence-electron chi connectivity index (χ0n) is 19.6. The van der Waals surface area contributed by atoms with Gasteiger partial charge < -0.3 is 15.0 Å². The number of piperidine rings is 1. The smallest absolute Gasteiger partial charge is 0.312 e. The summed E-state index contributed by atoms with van der Waals surface area (Å²) in [5.74, 6) is -1.63. The van der Waals surface area contributed by atoms with Crippen molar-refractivity contribution in [2.75, 3.05) is 25.0 Å². The average molecular weight is 492 g/mol. The van der Waals surface area contributed by atoms with E-state index >= 15 is 0 Å². The van der Waals surface area contributed by atoms with Crippen molar-refractivity contribution in [3.8, 4) is 0 Å². The number of carbonyl (C=O) groups is 3. The molecule has 3 aliphatic rings. The van der Waals surface area contributed by atoms with Crippen molar-refractivity contribution in [3.63, 3.8) is 0 Å². The maximum absolute atomic E-state index is 12.8. The van der Waals surface area contributed by atoms with E-state index in [-0.39, 0.29) is 23.3 Å². The summed E-state index contributed by atoms with van der Waals surface area (Å²) in [4.78, 5) is 39.4. The Hall–Kier alpha value is -2.46. The highest BCUT2D eigenvalue weighted by molar-refractivity contribution is 7.89. The minimum atomic E-state index is -3.54. The highest BCUT2D eigenvalue weighted by atomic mass is 32.2. The van der Waals surface area contributed by atoms with Crippen LogP contribution in [0.15, 0.2) is 29.2 Å². The second kappa shape index (κ2) is 10.4. The molecule has 0 aromatic heterocycles. The summed E-state index contributed by atoms with van der Waals surface area (Å²) >= 11 is 0. The molecule has 1 aliphatic carbocycles. The summed E-state index contributed by atoms with van der Waals surface area (Å²) < 4.78 is 32.4. The third kappa shape index (κ3) is 5.43. The van der Waals surface area contributed by atoms with Gasteiger partial charge in [-0.2, -0.15) is 4.31 Å². The number of esters is 1. The number of sulfonamides is 1. The maximum Gasteiger partial charge on any atom is 0.312 e. The Bertz CT molecular complexity index is 1010. The lowest BCUT2D eigenvalue weighted by molar-refractivity contribution is -0.157. The molecule has 34 heavy (non-hydrogen) atoms. The van der Waals surface area contributed by atoms with Crippen LogP contribution in [0.2, 0.25) is 0 Å². The van der Waals surface area contributed by atoms with Crippen LogP contribution in [0.4, 0.5) is 5.69 Å². The first-order valence-electron chi connectivity index (χ1n) is 12.2. The van der Waals surface area contributed by atoms with Crippen molar-refractivity contribution in [1.29, 1.82) is 0 Å². The number of ether oxygens (including phenoxy) is 1. The van der Waals surface area contributed by atoms with E-state index in [1.807, 2.05) is 0 Å². The second-order valence-corrected chi connectivity index (χ2v) is 11.4. The number of anilines is 1. The van der Waals surface area contributed by atoms with E-state index in [2.05, 4.69) is 5.32 Å². The first-order chi connectivity index (χ1) is 16.3. The van der Waals surface area contributed by atoms with Crippen LogP contribution < -0.4 is 5.32 Å². The predicted octanol–water partition coefficient (Wildman–Crippen LogP) is 2.52. The Kier molecular flexibility index (Phi) is 7.57. The minimum Gasteiger partial charge on any atom is -0.452 e. The van der Waals surface area contributed by atoms with Crippen LogP contribution in [0.5, 0.6) is 0 Å². The van der Waals surface area contributed by atoms with Gasteiger partial charge in [0.1, 0.15) is 0 Å². The molecule has 1 aromatic rings. The van der Waals surface area contributed by atoms with Gasteiger partial charge in [-0.3, -0.25) is 14.4 Å². The molecule has 2 saturated heterocycles. The summed E-state index contributed by atoms with van der Waals surface area (Å²) in [5.41, 5.74) is 0.411. The summed E-state index contributed by atoms with van der Waals surface area (Å²) in [6.07, 6.45) is 5.99. The first kappa shape index (κ1) is 24.7. The van der Waals surface area contributed by atoms with Gasteiger partial charge in [0.05, 0.1) is 10.8 Å². The van der Waals surface area contributed by atoms with Crippen LogP contribution in [-0.2, 0) is 29.1 Å². The monoisotopic (exact) mass is 491 g/mol. The molecule has 0 spiro atoms. The standard InChI is InChI=1S/C24H33N3O6S/c1-17(33-24(30)18-15-22(28)27(16-18)20-7-3-4-8-20)23(29)25-19-9-11-21(12-10-19)34(31,32)26-13-5-2-6-14-26/h9-12,17-18,20H,2-8,13-16H2,1H3,(H,25,29)/t17-,18+/m1/s1. The second-order valence-electron chi connectivity index (χ2n) is 9.44. The maximum atomic E-state index is 12.8. The number of likely N-dealkylation sites (tertiary alicyclic amines) is 1. The van der Waals surface area contributed by atoms with Gasteiger partial charge in [0.25, 0.3) is 5.91 Å². The van der Waals surface area contributed by atoms with Crippen LogP contribution in [0.3, 0.4) is 0 Å². The van der Waals surface area contributed by atoms with Crippen molar-refractivity contribution in [2.24, 2.45) is 5.92 Å². The molecule has 1 N–H and O–H groups in total. The number of nitrogens with zero attached hydrogens (tertiary/aromatic N) is 2. The van der Waals surface area contributed by atoms with Gasteiger partial charge in [-0.05, 0) is 56.9 Å². The number of hydrogen-bond acceptors (Lipinski definition) is 6. The summed E-state index contributed by atoms with van der Waals surface area (Å²) in [5, 5.41) is 2.66. The van der Waals surface area contributed by atoms with Crippen LogP contribution >= 0.6 is 0 Å². The van der Waals surface area contributed by atoms with Gasteiger partial charge in [-0.25, -0.2) is 8.42 Å². The Morgan fingerprint density at radius 1 is 1.03 bits per heavy atom. The average Bonchev–Trinajstić information content (AvgIpc) is 3.49. The largest absolute Gasteiger partial charge is 0.452 e. The normalized spacial score (nSPS) is 23.1. The van der Waals surface area contributed by atoms with Gasteiger partial charge in [-0.1, -0.05) is 19.3 Å². The van der Waals surface area contributed by atoms with Gasteiger partial charge >= 0.3 is 5.97 Å². The summed E-state index contributed by atoms with van der Waals surface area (Å²) in [6, 6.07) is 6.21. The Morgan fingerprint density at radius 2 is 1.68 bits per heavy atom. The van der Waals surface area contributed by atoms with Crippen molar-refractivity contribution in [1.82, 2.24) is 9.21 Å². The highest BCUT2D eigenvalue weighted by Crippen LogP contribution is 2.30. The molecule has 4 rings (SSSR count). The molecule has 10 heteroatoms.